The zero-order valence-corrected chi connectivity index (χ0v) is 18.3. The van der Waals surface area contributed by atoms with E-state index in [9.17, 15) is 30.8 Å². The Balaban J connectivity index is 1.89. The fourth-order valence-corrected chi connectivity index (χ4v) is 4.28. The van der Waals surface area contributed by atoms with Gasteiger partial charge < -0.3 is 5.32 Å². The summed E-state index contributed by atoms with van der Waals surface area (Å²) in [5.74, 6) is -2.42. The number of amides is 1. The highest BCUT2D eigenvalue weighted by molar-refractivity contribution is 7.89. The molecule has 3 aromatic carbocycles. The minimum absolute atomic E-state index is 0.0905. The predicted molar refractivity (Wildman–Crippen MR) is 116 cm³/mol. The topological polar surface area (TPSA) is 75.3 Å². The lowest BCUT2D eigenvalue weighted by Gasteiger charge is -2.19. The van der Waals surface area contributed by atoms with Gasteiger partial charge in [-0.15, -0.1) is 0 Å². The summed E-state index contributed by atoms with van der Waals surface area (Å²) in [6.45, 7) is 0. The molecule has 0 aliphatic rings. The van der Waals surface area contributed by atoms with E-state index in [2.05, 4.69) is 10.0 Å². The number of alkyl halides is 3. The summed E-state index contributed by atoms with van der Waals surface area (Å²) in [6, 6.07) is 14.2. The second kappa shape index (κ2) is 9.90. The molecule has 0 fully saturated rings. The van der Waals surface area contributed by atoms with E-state index >= 15 is 0 Å². The number of benzene rings is 3. The maximum Gasteiger partial charge on any atom is 0.419 e. The minimum Gasteiger partial charge on any atom is -0.325 e. The van der Waals surface area contributed by atoms with Crippen molar-refractivity contribution in [2.75, 3.05) is 5.32 Å². The van der Waals surface area contributed by atoms with Gasteiger partial charge in [-0.1, -0.05) is 41.9 Å². The highest BCUT2D eigenvalue weighted by Crippen LogP contribution is 2.33. The molecule has 0 aliphatic heterocycles. The van der Waals surface area contributed by atoms with Crippen LogP contribution < -0.4 is 10.0 Å². The first kappa shape index (κ1) is 24.7. The number of halogens is 5. The van der Waals surface area contributed by atoms with Crippen molar-refractivity contribution in [2.24, 2.45) is 0 Å². The zero-order valence-electron chi connectivity index (χ0n) is 16.7. The van der Waals surface area contributed by atoms with E-state index in [0.717, 1.165) is 6.07 Å². The Morgan fingerprint density at radius 1 is 0.970 bits per heavy atom. The van der Waals surface area contributed by atoms with E-state index in [0.29, 0.717) is 22.7 Å². The molecule has 1 atom stereocenters. The first-order valence-electron chi connectivity index (χ1n) is 9.45. The van der Waals surface area contributed by atoms with E-state index in [1.807, 2.05) is 0 Å². The number of carbonyl (C=O) groups excluding carboxylic acids is 1. The number of sulfonamides is 1. The van der Waals surface area contributed by atoms with E-state index in [-0.39, 0.29) is 17.0 Å². The Morgan fingerprint density at radius 3 is 2.21 bits per heavy atom. The lowest BCUT2D eigenvalue weighted by atomic mass is 10.1. The highest BCUT2D eigenvalue weighted by atomic mass is 35.5. The molecule has 174 valence electrons. The van der Waals surface area contributed by atoms with E-state index < -0.39 is 39.5 Å². The molecule has 5 nitrogen and oxygen atoms in total. The molecule has 0 aromatic heterocycles. The van der Waals surface area contributed by atoms with Gasteiger partial charge in [-0.3, -0.25) is 4.79 Å². The molecule has 0 aliphatic carbocycles. The standard InChI is InChI=1S/C22H17ClF4N2O3S/c23-15-6-9-17(10-7-15)33(31,32)29-20(12-14-4-2-1-3-5-14)21(30)28-16-8-11-19(24)18(13-16)22(25,26)27/h1-11,13,20,29H,12H2,(H,28,30)/t20-/m1/s1. The van der Waals surface area contributed by atoms with Crippen molar-refractivity contribution in [1.82, 2.24) is 4.72 Å². The summed E-state index contributed by atoms with van der Waals surface area (Å²) < 4.78 is 80.4. The number of hydrogen-bond acceptors (Lipinski definition) is 3. The van der Waals surface area contributed by atoms with Crippen LogP contribution in [0.5, 0.6) is 0 Å². The largest absolute Gasteiger partial charge is 0.419 e. The number of rotatable bonds is 7. The van der Waals surface area contributed by atoms with E-state index in [4.69, 9.17) is 11.6 Å². The van der Waals surface area contributed by atoms with Gasteiger partial charge >= 0.3 is 6.18 Å². The molecule has 33 heavy (non-hydrogen) atoms. The van der Waals surface area contributed by atoms with Crippen LogP contribution in [0.3, 0.4) is 0 Å². The molecule has 0 bridgehead atoms. The van der Waals surface area contributed by atoms with E-state index in [1.54, 1.807) is 30.3 Å². The van der Waals surface area contributed by atoms with Gasteiger partial charge in [-0.2, -0.15) is 17.9 Å². The van der Waals surface area contributed by atoms with Crippen LogP contribution >= 0.6 is 11.6 Å². The number of hydrogen-bond donors (Lipinski definition) is 2. The SMILES string of the molecule is O=C(Nc1ccc(F)c(C(F)(F)F)c1)[C@@H](Cc1ccccc1)NS(=O)(=O)c1ccc(Cl)cc1. The fourth-order valence-electron chi connectivity index (χ4n) is 2.96. The molecular weight excluding hydrogens is 484 g/mol. The Labute approximate surface area is 192 Å². The molecule has 0 heterocycles. The fraction of sp³-hybridized carbons (Fsp3) is 0.136. The van der Waals surface area contributed by atoms with Gasteiger partial charge in [0.1, 0.15) is 11.9 Å². The third-order valence-electron chi connectivity index (χ3n) is 4.56. The molecule has 0 radical (unpaired) electrons. The number of carbonyl (C=O) groups is 1. The first-order chi connectivity index (χ1) is 15.5. The molecule has 0 saturated carbocycles. The molecule has 11 heteroatoms. The van der Waals surface area contributed by atoms with Crippen LogP contribution in [0.4, 0.5) is 23.2 Å². The van der Waals surface area contributed by atoms with Crippen molar-refractivity contribution in [1.29, 1.82) is 0 Å². The monoisotopic (exact) mass is 500 g/mol. The average Bonchev–Trinajstić information content (AvgIpc) is 2.74. The molecule has 0 unspecified atom stereocenters. The Hall–Kier alpha value is -2.95. The molecule has 1 amide bonds. The smallest absolute Gasteiger partial charge is 0.325 e. The van der Waals surface area contributed by atoms with Crippen LogP contribution in [0.15, 0.2) is 77.7 Å². The van der Waals surface area contributed by atoms with Gasteiger partial charge in [-0.25, -0.2) is 12.8 Å². The number of anilines is 1. The molecule has 0 saturated heterocycles. The maximum atomic E-state index is 13.6. The normalized spacial score (nSPS) is 12.9. The first-order valence-corrected chi connectivity index (χ1v) is 11.3. The summed E-state index contributed by atoms with van der Waals surface area (Å²) >= 11 is 5.79. The second-order valence-corrected chi connectivity index (χ2v) is 9.15. The van der Waals surface area contributed by atoms with Crippen LogP contribution in [0, 0.1) is 5.82 Å². The molecule has 3 aromatic rings. The zero-order chi connectivity index (χ0) is 24.2. The maximum absolute atomic E-state index is 13.6. The summed E-state index contributed by atoms with van der Waals surface area (Å²) in [7, 11) is -4.18. The van der Waals surface area contributed by atoms with Crippen LogP contribution in [0.1, 0.15) is 11.1 Å². The van der Waals surface area contributed by atoms with Gasteiger partial charge in [0.05, 0.1) is 10.5 Å². The van der Waals surface area contributed by atoms with Gasteiger partial charge in [0.25, 0.3) is 0 Å². The highest BCUT2D eigenvalue weighted by Gasteiger charge is 2.34. The van der Waals surface area contributed by atoms with Gasteiger partial charge in [-0.05, 0) is 54.4 Å². The van der Waals surface area contributed by atoms with Crippen LogP contribution in [-0.4, -0.2) is 20.4 Å². The summed E-state index contributed by atoms with van der Waals surface area (Å²) in [5, 5.41) is 2.54. The molecular formula is C22H17ClF4N2O3S. The third kappa shape index (κ3) is 6.53. The average molecular weight is 501 g/mol. The number of nitrogens with one attached hydrogen (secondary N) is 2. The van der Waals surface area contributed by atoms with E-state index in [1.165, 1.54) is 24.3 Å². The quantitative estimate of drug-likeness (QED) is 0.447. The second-order valence-electron chi connectivity index (χ2n) is 7.00. The van der Waals surface area contributed by atoms with Crippen LogP contribution in [-0.2, 0) is 27.4 Å². The van der Waals surface area contributed by atoms with Crippen molar-refractivity contribution >= 4 is 33.2 Å². The summed E-state index contributed by atoms with van der Waals surface area (Å²) in [4.78, 5) is 12.7. The van der Waals surface area contributed by atoms with Crippen LogP contribution in [0.2, 0.25) is 5.02 Å². The Morgan fingerprint density at radius 2 is 1.61 bits per heavy atom. The summed E-state index contributed by atoms with van der Waals surface area (Å²) in [6.07, 6.45) is -5.06. The molecule has 2 N–H and O–H groups in total. The lowest BCUT2D eigenvalue weighted by molar-refractivity contribution is -0.140. The summed E-state index contributed by atoms with van der Waals surface area (Å²) in [5.41, 5.74) is -1.29. The van der Waals surface area contributed by atoms with Gasteiger partial charge in [0, 0.05) is 10.7 Å². The lowest BCUT2D eigenvalue weighted by Crippen LogP contribution is -2.45. The van der Waals surface area contributed by atoms with Crippen molar-refractivity contribution in [2.45, 2.75) is 23.5 Å². The molecule has 3 rings (SSSR count). The van der Waals surface area contributed by atoms with Crippen molar-refractivity contribution in [3.05, 3.63) is 94.8 Å². The van der Waals surface area contributed by atoms with Crippen molar-refractivity contribution < 1.29 is 30.8 Å². The predicted octanol–water partition coefficient (Wildman–Crippen LogP) is 5.03. The molecule has 0 spiro atoms. The Kier molecular flexibility index (Phi) is 7.41. The Bertz CT molecular complexity index is 1230. The van der Waals surface area contributed by atoms with Crippen LogP contribution in [0.25, 0.3) is 0 Å². The van der Waals surface area contributed by atoms with Crippen molar-refractivity contribution in [3.8, 4) is 0 Å². The third-order valence-corrected chi connectivity index (χ3v) is 6.30. The van der Waals surface area contributed by atoms with Gasteiger partial charge in [0.15, 0.2) is 0 Å². The van der Waals surface area contributed by atoms with Gasteiger partial charge in [0.2, 0.25) is 15.9 Å². The minimum atomic E-state index is -4.97. The van der Waals surface area contributed by atoms with Crippen molar-refractivity contribution in [3.63, 3.8) is 0 Å².